The first-order chi connectivity index (χ1) is 16.6. The van der Waals surface area contributed by atoms with Crippen LogP contribution in [0.5, 0.6) is 5.75 Å². The molecule has 2 N–H and O–H groups in total. The van der Waals surface area contributed by atoms with Crippen LogP contribution >= 0.6 is 34.2 Å². The summed E-state index contributed by atoms with van der Waals surface area (Å²) in [4.78, 5) is 20.1. The van der Waals surface area contributed by atoms with Crippen molar-refractivity contribution >= 4 is 45.9 Å². The van der Waals surface area contributed by atoms with Crippen molar-refractivity contribution in [3.63, 3.8) is 0 Å². The molecule has 1 unspecified atom stereocenters. The van der Waals surface area contributed by atoms with Crippen LogP contribution in [-0.4, -0.2) is 62.4 Å². The second-order valence-electron chi connectivity index (χ2n) is 10.8. The number of likely N-dealkylation sites (tertiary alicyclic amines) is 1. The van der Waals surface area contributed by atoms with Gasteiger partial charge in [-0.15, -0.1) is 11.3 Å². The van der Waals surface area contributed by atoms with Crippen molar-refractivity contribution in [3.8, 4) is 5.75 Å². The number of nitrogens with one attached hydrogen (secondary N) is 1. The number of rotatable bonds is 8. The molecule has 2 aliphatic rings. The van der Waals surface area contributed by atoms with Gasteiger partial charge >= 0.3 is 5.97 Å². The first-order valence-electron chi connectivity index (χ1n) is 12.4. The Morgan fingerprint density at radius 3 is 2.69 bits per heavy atom. The molecule has 2 aromatic rings. The summed E-state index contributed by atoms with van der Waals surface area (Å²) in [6.45, 7) is 9.43. The molecular weight excluding hydrogens is 575 g/mol. The van der Waals surface area contributed by atoms with E-state index in [1.807, 2.05) is 18.5 Å². The number of hydrogen-bond donors (Lipinski definition) is 2. The van der Waals surface area contributed by atoms with Gasteiger partial charge < -0.3 is 15.2 Å². The molecular formula is C26H37IN4O3S. The second-order valence-corrected chi connectivity index (χ2v) is 13.4. The number of halogens is 1. The molecule has 0 spiro atoms. The molecule has 1 aliphatic carbocycles. The number of nitrogens with zero attached hydrogens (tertiary/aromatic N) is 3. The number of carbonyl (C=O) groups is 1. The highest BCUT2D eigenvalue weighted by atomic mass is 127. The van der Waals surface area contributed by atoms with Gasteiger partial charge in [0.1, 0.15) is 10.6 Å². The Balaban J connectivity index is 1.33. The third kappa shape index (κ3) is 6.87. The van der Waals surface area contributed by atoms with E-state index in [1.165, 1.54) is 23.3 Å². The number of carboxylic acid groups (broad SMARTS) is 1. The number of likely N-dealkylation sites (N-methyl/N-ethyl adjacent to an activating group) is 1. The van der Waals surface area contributed by atoms with Crippen LogP contribution in [0.1, 0.15) is 73.0 Å². The summed E-state index contributed by atoms with van der Waals surface area (Å²) in [6.07, 6.45) is 8.86. The minimum Gasteiger partial charge on any atom is -0.488 e. The summed E-state index contributed by atoms with van der Waals surface area (Å²) in [7, 11) is 2.14. The fourth-order valence-electron chi connectivity index (χ4n) is 4.88. The van der Waals surface area contributed by atoms with Gasteiger partial charge in [0.25, 0.3) is 0 Å². The minimum atomic E-state index is -0.858. The molecule has 2 aromatic heterocycles. The van der Waals surface area contributed by atoms with E-state index in [4.69, 9.17) is 4.74 Å². The van der Waals surface area contributed by atoms with Crippen LogP contribution in [0.25, 0.3) is 0 Å². The highest BCUT2D eigenvalue weighted by molar-refractivity contribution is 14.1. The monoisotopic (exact) mass is 612 g/mol. The van der Waals surface area contributed by atoms with Crippen LogP contribution in [0.4, 0.5) is 5.69 Å². The maximum atomic E-state index is 11.8. The zero-order valence-corrected chi connectivity index (χ0v) is 24.1. The van der Waals surface area contributed by atoms with E-state index in [9.17, 15) is 9.90 Å². The topological polar surface area (TPSA) is 77.9 Å². The molecule has 4 rings (SSSR count). The van der Waals surface area contributed by atoms with Gasteiger partial charge in [0.15, 0.2) is 0 Å². The van der Waals surface area contributed by atoms with Crippen LogP contribution in [0.2, 0.25) is 0 Å². The molecule has 192 valence electrons. The van der Waals surface area contributed by atoms with Gasteiger partial charge in [0.2, 0.25) is 0 Å². The van der Waals surface area contributed by atoms with Crippen molar-refractivity contribution in [3.05, 3.63) is 39.8 Å². The van der Waals surface area contributed by atoms with Gasteiger partial charge in [-0.3, -0.25) is 9.88 Å². The smallest absolute Gasteiger partial charge is 0.348 e. The number of thiophene rings is 1. The predicted molar refractivity (Wildman–Crippen MR) is 150 cm³/mol. The number of ether oxygens (including phenoxy) is 1. The lowest BCUT2D eigenvalue weighted by atomic mass is 9.92. The third-order valence-electron chi connectivity index (χ3n) is 7.01. The normalized spacial score (nSPS) is 23.5. The molecule has 0 radical (unpaired) electrons. The summed E-state index contributed by atoms with van der Waals surface area (Å²) in [5.74, 6) is 0.0413. The average molecular weight is 613 g/mol. The molecule has 1 aliphatic heterocycles. The van der Waals surface area contributed by atoms with Gasteiger partial charge in [-0.2, -0.15) is 0 Å². The summed E-state index contributed by atoms with van der Waals surface area (Å²) in [5.41, 5.74) is 1.90. The summed E-state index contributed by atoms with van der Waals surface area (Å²) in [6, 6.07) is 4.97. The van der Waals surface area contributed by atoms with E-state index in [2.05, 4.69) is 75.1 Å². The van der Waals surface area contributed by atoms with E-state index in [-0.39, 0.29) is 17.6 Å². The van der Waals surface area contributed by atoms with E-state index < -0.39 is 5.97 Å². The Labute approximate surface area is 226 Å². The van der Waals surface area contributed by atoms with Gasteiger partial charge in [0, 0.05) is 71.2 Å². The first kappa shape index (κ1) is 26.6. The number of carboxylic acids is 1. The SMILES string of the molecule is CN(I)C1CCN(Cc2ccncc2OC2CCC(Nc3cc(C(C)(C)C)sc3C(=O)O)CC2)C1. The van der Waals surface area contributed by atoms with Gasteiger partial charge in [0.05, 0.1) is 18.0 Å². The number of hydrogen-bond acceptors (Lipinski definition) is 7. The van der Waals surface area contributed by atoms with E-state index in [1.54, 1.807) is 0 Å². The quantitative estimate of drug-likeness (QED) is 0.289. The Bertz CT molecular complexity index is 1010. The van der Waals surface area contributed by atoms with Crippen molar-refractivity contribution in [2.75, 3.05) is 25.5 Å². The minimum absolute atomic E-state index is 0.0657. The molecule has 3 heterocycles. The molecule has 1 atom stereocenters. The Kier molecular flexibility index (Phi) is 8.61. The van der Waals surface area contributed by atoms with Crippen LogP contribution in [0.3, 0.4) is 0 Å². The van der Waals surface area contributed by atoms with Crippen molar-refractivity contribution < 1.29 is 14.6 Å². The zero-order chi connectivity index (χ0) is 25.2. The van der Waals surface area contributed by atoms with E-state index >= 15 is 0 Å². The lowest BCUT2D eigenvalue weighted by Gasteiger charge is -2.30. The Morgan fingerprint density at radius 1 is 1.31 bits per heavy atom. The standard InChI is InChI=1S/C26H37IN4O3S/c1-26(2,3)23-13-21(24(35-23)25(32)33)29-18-5-7-20(8-6-18)34-22-14-28-11-9-17(22)15-31-12-10-19(16-31)30(4)27/h9,11,13-14,18-20,29H,5-8,10,12,15-16H2,1-4H3,(H,32,33). The van der Waals surface area contributed by atoms with Crippen molar-refractivity contribution in [1.82, 2.24) is 13.0 Å². The molecule has 0 bridgehead atoms. The van der Waals surface area contributed by atoms with Crippen molar-refractivity contribution in [1.29, 1.82) is 0 Å². The molecule has 0 aromatic carbocycles. The van der Waals surface area contributed by atoms with Gasteiger partial charge in [-0.05, 0) is 56.7 Å². The van der Waals surface area contributed by atoms with Gasteiger partial charge in [-0.1, -0.05) is 20.8 Å². The molecule has 35 heavy (non-hydrogen) atoms. The van der Waals surface area contributed by atoms with Crippen molar-refractivity contribution in [2.45, 2.75) is 83.0 Å². The second kappa shape index (κ2) is 11.3. The van der Waals surface area contributed by atoms with Crippen LogP contribution in [-0.2, 0) is 12.0 Å². The van der Waals surface area contributed by atoms with Crippen LogP contribution in [0, 0.1) is 0 Å². The van der Waals surface area contributed by atoms with Gasteiger partial charge in [-0.25, -0.2) is 7.91 Å². The molecule has 1 saturated carbocycles. The highest BCUT2D eigenvalue weighted by Gasteiger charge is 2.28. The number of pyridine rings is 1. The zero-order valence-electron chi connectivity index (χ0n) is 21.1. The fourth-order valence-corrected chi connectivity index (χ4v) is 6.36. The summed E-state index contributed by atoms with van der Waals surface area (Å²) < 4.78 is 8.74. The maximum absolute atomic E-state index is 11.8. The van der Waals surface area contributed by atoms with E-state index in [0.29, 0.717) is 10.9 Å². The number of anilines is 1. The molecule has 9 heteroatoms. The Morgan fingerprint density at radius 2 is 2.06 bits per heavy atom. The molecule has 1 saturated heterocycles. The average Bonchev–Trinajstić information content (AvgIpc) is 3.44. The first-order valence-corrected chi connectivity index (χ1v) is 14.2. The predicted octanol–water partition coefficient (Wildman–Crippen LogP) is 5.80. The molecule has 0 amide bonds. The third-order valence-corrected chi connectivity index (χ3v) is 9.34. The Hall–Kier alpha value is -1.43. The molecule has 7 nitrogen and oxygen atoms in total. The fraction of sp³-hybridized carbons (Fsp3) is 0.615. The van der Waals surface area contributed by atoms with Crippen LogP contribution < -0.4 is 10.1 Å². The summed E-state index contributed by atoms with van der Waals surface area (Å²) in [5, 5.41) is 13.2. The lowest BCUT2D eigenvalue weighted by Crippen LogP contribution is -2.32. The maximum Gasteiger partial charge on any atom is 0.348 e. The van der Waals surface area contributed by atoms with E-state index in [0.717, 1.165) is 61.6 Å². The number of aromatic carboxylic acids is 1. The molecule has 2 fully saturated rings. The largest absolute Gasteiger partial charge is 0.488 e. The highest BCUT2D eigenvalue weighted by Crippen LogP contribution is 2.37. The van der Waals surface area contributed by atoms with Crippen molar-refractivity contribution in [2.24, 2.45) is 0 Å². The number of aromatic nitrogens is 1. The summed E-state index contributed by atoms with van der Waals surface area (Å²) >= 11 is 3.77. The lowest BCUT2D eigenvalue weighted by molar-refractivity contribution is 0.0703. The van der Waals surface area contributed by atoms with Crippen LogP contribution in [0.15, 0.2) is 24.5 Å².